The van der Waals surface area contributed by atoms with Gasteiger partial charge in [0.1, 0.15) is 11.6 Å². The van der Waals surface area contributed by atoms with Crippen LogP contribution in [0.2, 0.25) is 0 Å². The SMILES string of the molecule is COc1ccc(-c2ccc(CCc3nnn[nH]3)n2-c2c(C)cccc2C(=O)O)cc1. The first-order valence-corrected chi connectivity index (χ1v) is 9.49. The summed E-state index contributed by atoms with van der Waals surface area (Å²) in [5.74, 6) is 0.475. The highest BCUT2D eigenvalue weighted by Gasteiger charge is 2.20. The van der Waals surface area contributed by atoms with Crippen LogP contribution in [-0.2, 0) is 12.8 Å². The number of methoxy groups -OCH3 is 1. The summed E-state index contributed by atoms with van der Waals surface area (Å²) < 4.78 is 7.29. The van der Waals surface area contributed by atoms with Gasteiger partial charge in [-0.25, -0.2) is 9.89 Å². The van der Waals surface area contributed by atoms with Gasteiger partial charge in [0.05, 0.1) is 24.1 Å². The molecule has 0 aliphatic carbocycles. The highest BCUT2D eigenvalue weighted by molar-refractivity contribution is 5.93. The smallest absolute Gasteiger partial charge is 0.337 e. The average Bonchev–Trinajstić information content (AvgIpc) is 3.42. The summed E-state index contributed by atoms with van der Waals surface area (Å²) in [4.78, 5) is 12.0. The van der Waals surface area contributed by atoms with E-state index in [-0.39, 0.29) is 5.56 Å². The van der Waals surface area contributed by atoms with Gasteiger partial charge in [0.15, 0.2) is 0 Å². The van der Waals surface area contributed by atoms with Crippen LogP contribution in [0.25, 0.3) is 16.9 Å². The van der Waals surface area contributed by atoms with Crippen LogP contribution in [0.1, 0.15) is 27.4 Å². The molecule has 0 radical (unpaired) electrons. The molecule has 0 bridgehead atoms. The van der Waals surface area contributed by atoms with E-state index in [1.165, 1.54) is 0 Å². The average molecular weight is 403 g/mol. The molecular formula is C22H21N5O3. The maximum Gasteiger partial charge on any atom is 0.337 e. The van der Waals surface area contributed by atoms with Gasteiger partial charge in [0, 0.05) is 12.1 Å². The summed E-state index contributed by atoms with van der Waals surface area (Å²) in [6, 6.07) is 17.1. The van der Waals surface area contributed by atoms with Crippen LogP contribution in [0.4, 0.5) is 0 Å². The minimum Gasteiger partial charge on any atom is -0.497 e. The van der Waals surface area contributed by atoms with E-state index in [9.17, 15) is 9.90 Å². The first-order chi connectivity index (χ1) is 14.6. The Morgan fingerprint density at radius 2 is 1.90 bits per heavy atom. The minimum absolute atomic E-state index is 0.253. The number of benzene rings is 2. The number of ether oxygens (including phenoxy) is 1. The molecule has 152 valence electrons. The molecule has 0 unspecified atom stereocenters. The first-order valence-electron chi connectivity index (χ1n) is 9.49. The standard InChI is InChI=1S/C22H21N5O3/c1-14-4-3-5-18(22(28)29)21(14)27-16(9-13-20-23-25-26-24-20)8-12-19(27)15-6-10-17(30-2)11-7-15/h3-8,10-12H,9,13H2,1-2H3,(H,28,29)(H,23,24,25,26). The van der Waals surface area contributed by atoms with Crippen LogP contribution in [-0.4, -0.2) is 43.4 Å². The van der Waals surface area contributed by atoms with E-state index in [1.807, 2.05) is 54.0 Å². The lowest BCUT2D eigenvalue weighted by Crippen LogP contribution is -2.11. The highest BCUT2D eigenvalue weighted by Crippen LogP contribution is 2.32. The topological polar surface area (TPSA) is 106 Å². The largest absolute Gasteiger partial charge is 0.497 e. The van der Waals surface area contributed by atoms with Crippen molar-refractivity contribution in [3.05, 3.63) is 77.2 Å². The van der Waals surface area contributed by atoms with Crippen LogP contribution in [0, 0.1) is 6.92 Å². The fourth-order valence-corrected chi connectivity index (χ4v) is 3.58. The maximum atomic E-state index is 12.0. The first kappa shape index (κ1) is 19.4. The van der Waals surface area contributed by atoms with Gasteiger partial charge in [0.2, 0.25) is 0 Å². The summed E-state index contributed by atoms with van der Waals surface area (Å²) in [6.45, 7) is 1.92. The molecule has 8 heteroatoms. The Balaban J connectivity index is 1.87. The number of H-pyrrole nitrogens is 1. The Hall–Kier alpha value is -3.94. The Bertz CT molecular complexity index is 1160. The van der Waals surface area contributed by atoms with Gasteiger partial charge in [-0.3, -0.25) is 0 Å². The Labute approximate surface area is 173 Å². The van der Waals surface area contributed by atoms with Gasteiger partial charge in [-0.1, -0.05) is 12.1 Å². The molecule has 2 N–H and O–H groups in total. The maximum absolute atomic E-state index is 12.0. The third kappa shape index (κ3) is 3.67. The third-order valence-electron chi connectivity index (χ3n) is 5.05. The van der Waals surface area contributed by atoms with Crippen molar-refractivity contribution in [2.45, 2.75) is 19.8 Å². The van der Waals surface area contributed by atoms with Crippen molar-refractivity contribution in [1.82, 2.24) is 25.2 Å². The zero-order valence-corrected chi connectivity index (χ0v) is 16.7. The minimum atomic E-state index is -0.964. The second kappa shape index (κ2) is 8.20. The molecule has 2 heterocycles. The molecule has 0 spiro atoms. The number of carboxylic acid groups (broad SMARTS) is 1. The van der Waals surface area contributed by atoms with Crippen molar-refractivity contribution >= 4 is 5.97 Å². The van der Waals surface area contributed by atoms with E-state index in [4.69, 9.17) is 4.74 Å². The molecule has 0 atom stereocenters. The van der Waals surface area contributed by atoms with Crippen molar-refractivity contribution in [3.8, 4) is 22.7 Å². The van der Waals surface area contributed by atoms with Crippen molar-refractivity contribution < 1.29 is 14.6 Å². The van der Waals surface area contributed by atoms with Gasteiger partial charge in [-0.2, -0.15) is 0 Å². The molecule has 0 aliphatic heterocycles. The number of hydrogen-bond acceptors (Lipinski definition) is 5. The Kier molecular flexibility index (Phi) is 5.30. The summed E-state index contributed by atoms with van der Waals surface area (Å²) >= 11 is 0. The number of carbonyl (C=O) groups is 1. The molecule has 2 aromatic carbocycles. The van der Waals surface area contributed by atoms with Gasteiger partial charge in [-0.15, -0.1) is 5.10 Å². The number of tetrazole rings is 1. The van der Waals surface area contributed by atoms with Crippen molar-refractivity contribution in [1.29, 1.82) is 0 Å². The van der Waals surface area contributed by atoms with Gasteiger partial charge >= 0.3 is 5.97 Å². The molecule has 2 aromatic heterocycles. The monoisotopic (exact) mass is 403 g/mol. The lowest BCUT2D eigenvalue weighted by atomic mass is 10.1. The number of nitrogens with zero attached hydrogens (tertiary/aromatic N) is 4. The van der Waals surface area contributed by atoms with Crippen molar-refractivity contribution in [2.75, 3.05) is 7.11 Å². The molecule has 30 heavy (non-hydrogen) atoms. The van der Waals surface area contributed by atoms with Crippen LogP contribution >= 0.6 is 0 Å². The van der Waals surface area contributed by atoms with E-state index >= 15 is 0 Å². The van der Waals surface area contributed by atoms with E-state index < -0.39 is 5.97 Å². The van der Waals surface area contributed by atoms with E-state index in [1.54, 1.807) is 19.2 Å². The zero-order chi connectivity index (χ0) is 21.1. The van der Waals surface area contributed by atoms with Crippen LogP contribution in [0.15, 0.2) is 54.6 Å². The number of carboxylic acids is 1. The summed E-state index contributed by atoms with van der Waals surface area (Å²) in [7, 11) is 1.63. The molecule has 0 amide bonds. The van der Waals surface area contributed by atoms with Crippen LogP contribution in [0.3, 0.4) is 0 Å². The molecular weight excluding hydrogens is 382 g/mol. The van der Waals surface area contributed by atoms with Gasteiger partial charge in [-0.05, 0) is 77.4 Å². The molecule has 4 aromatic rings. The second-order valence-electron chi connectivity index (χ2n) is 6.90. The zero-order valence-electron chi connectivity index (χ0n) is 16.7. The summed E-state index contributed by atoms with van der Waals surface area (Å²) in [6.07, 6.45) is 1.24. The Morgan fingerprint density at radius 3 is 2.57 bits per heavy atom. The third-order valence-corrected chi connectivity index (χ3v) is 5.05. The molecule has 0 saturated carbocycles. The number of aryl methyl sites for hydroxylation is 3. The molecule has 0 fully saturated rings. The summed E-state index contributed by atoms with van der Waals surface area (Å²) in [5.41, 5.74) is 4.62. The lowest BCUT2D eigenvalue weighted by molar-refractivity contribution is 0.0697. The quantitative estimate of drug-likeness (QED) is 0.489. The number of hydrogen-bond donors (Lipinski definition) is 2. The van der Waals surface area contributed by atoms with E-state index in [2.05, 4.69) is 20.6 Å². The molecule has 0 saturated heterocycles. The van der Waals surface area contributed by atoms with Gasteiger partial charge in [0.25, 0.3) is 0 Å². The molecule has 4 rings (SSSR count). The normalized spacial score (nSPS) is 10.9. The molecule has 8 nitrogen and oxygen atoms in total. The number of para-hydroxylation sites is 1. The fraction of sp³-hybridized carbons (Fsp3) is 0.182. The number of nitrogens with one attached hydrogen (secondary N) is 1. The second-order valence-corrected chi connectivity index (χ2v) is 6.90. The lowest BCUT2D eigenvalue weighted by Gasteiger charge is -2.18. The number of aromatic nitrogens is 5. The Morgan fingerprint density at radius 1 is 1.10 bits per heavy atom. The predicted octanol–water partition coefficient (Wildman–Crippen LogP) is 3.46. The van der Waals surface area contributed by atoms with Crippen LogP contribution < -0.4 is 4.74 Å². The predicted molar refractivity (Wildman–Crippen MR) is 111 cm³/mol. The van der Waals surface area contributed by atoms with Gasteiger partial charge < -0.3 is 14.4 Å². The highest BCUT2D eigenvalue weighted by atomic mass is 16.5. The van der Waals surface area contributed by atoms with E-state index in [0.29, 0.717) is 24.4 Å². The van der Waals surface area contributed by atoms with Crippen molar-refractivity contribution in [2.24, 2.45) is 0 Å². The summed E-state index contributed by atoms with van der Waals surface area (Å²) in [5, 5.41) is 23.8. The van der Waals surface area contributed by atoms with Crippen LogP contribution in [0.5, 0.6) is 5.75 Å². The van der Waals surface area contributed by atoms with Crippen molar-refractivity contribution in [3.63, 3.8) is 0 Å². The van der Waals surface area contributed by atoms with E-state index in [0.717, 1.165) is 28.3 Å². The fourth-order valence-electron chi connectivity index (χ4n) is 3.58. The number of rotatable bonds is 7. The number of aromatic amines is 1. The number of aromatic carboxylic acids is 1. The molecule has 0 aliphatic rings.